The number of anilines is 1. The second kappa shape index (κ2) is 5.38. The van der Waals surface area contributed by atoms with Gasteiger partial charge in [0, 0.05) is 17.8 Å². The fraction of sp³-hybridized carbons (Fsp3) is 0.500. The second-order valence-electron chi connectivity index (χ2n) is 5.47. The van der Waals surface area contributed by atoms with Crippen molar-refractivity contribution >= 4 is 22.6 Å². The zero-order valence-electron chi connectivity index (χ0n) is 11.8. The summed E-state index contributed by atoms with van der Waals surface area (Å²) in [5.74, 6) is 0.368. The van der Waals surface area contributed by atoms with Crippen molar-refractivity contribution in [2.24, 2.45) is 5.92 Å². The predicted molar refractivity (Wildman–Crippen MR) is 76.0 cm³/mol. The summed E-state index contributed by atoms with van der Waals surface area (Å²) in [7, 11) is 0. The topological polar surface area (TPSA) is 59.8 Å². The first-order valence-corrected chi connectivity index (χ1v) is 6.60. The summed E-state index contributed by atoms with van der Waals surface area (Å²) in [6, 6.07) is 2.18. The molecule has 0 aliphatic heterocycles. The van der Waals surface area contributed by atoms with Gasteiger partial charge >= 0.3 is 0 Å². The Kier molecular flexibility index (Phi) is 3.83. The van der Waals surface area contributed by atoms with Crippen LogP contribution < -0.4 is 5.32 Å². The molecule has 0 fully saturated rings. The summed E-state index contributed by atoms with van der Waals surface area (Å²) in [5.41, 5.74) is 1.57. The van der Waals surface area contributed by atoms with Gasteiger partial charge in [-0.2, -0.15) is 5.10 Å². The van der Waals surface area contributed by atoms with Crippen molar-refractivity contribution in [2.75, 3.05) is 5.32 Å². The molecule has 1 N–H and O–H groups in total. The van der Waals surface area contributed by atoms with Crippen molar-refractivity contribution in [1.29, 1.82) is 0 Å². The van der Waals surface area contributed by atoms with Crippen LogP contribution in [0, 0.1) is 5.92 Å². The largest absolute Gasteiger partial charge is 0.325 e. The number of hydrogen-bond acceptors (Lipinski definition) is 3. The zero-order valence-corrected chi connectivity index (χ0v) is 11.8. The van der Waals surface area contributed by atoms with Crippen LogP contribution in [0.25, 0.3) is 11.0 Å². The average Bonchev–Trinajstić information content (AvgIpc) is 2.70. The van der Waals surface area contributed by atoms with Crippen LogP contribution in [0.4, 0.5) is 5.69 Å². The highest BCUT2D eigenvalue weighted by Gasteiger charge is 2.10. The van der Waals surface area contributed by atoms with Gasteiger partial charge in [-0.3, -0.25) is 4.79 Å². The van der Waals surface area contributed by atoms with Crippen molar-refractivity contribution < 1.29 is 4.79 Å². The van der Waals surface area contributed by atoms with Gasteiger partial charge in [-0.15, -0.1) is 0 Å². The van der Waals surface area contributed by atoms with Crippen LogP contribution in [-0.2, 0) is 4.79 Å². The number of amides is 1. The highest BCUT2D eigenvalue weighted by Crippen LogP contribution is 2.19. The summed E-state index contributed by atoms with van der Waals surface area (Å²) in [5, 5.41) is 8.11. The molecule has 1 amide bonds. The standard InChI is InChI=1S/C14H20N4O/c1-9(2)5-13(19)17-12-6-11-7-16-18(10(3)4)14(11)15-8-12/h6-10H,5H2,1-4H3,(H,17,19). The minimum Gasteiger partial charge on any atom is -0.325 e. The second-order valence-corrected chi connectivity index (χ2v) is 5.47. The molecular weight excluding hydrogens is 240 g/mol. The Balaban J connectivity index is 2.21. The molecule has 0 aliphatic rings. The third-order valence-corrected chi connectivity index (χ3v) is 2.80. The van der Waals surface area contributed by atoms with E-state index in [1.54, 1.807) is 12.4 Å². The lowest BCUT2D eigenvalue weighted by molar-refractivity contribution is -0.116. The van der Waals surface area contributed by atoms with Crippen LogP contribution in [0.15, 0.2) is 18.5 Å². The van der Waals surface area contributed by atoms with Gasteiger partial charge in [0.1, 0.15) is 0 Å². The van der Waals surface area contributed by atoms with Gasteiger partial charge in [0.2, 0.25) is 5.91 Å². The first-order chi connectivity index (χ1) is 8.97. The molecule has 0 atom stereocenters. The van der Waals surface area contributed by atoms with Crippen molar-refractivity contribution in [3.8, 4) is 0 Å². The van der Waals surface area contributed by atoms with E-state index in [1.807, 2.05) is 24.6 Å². The summed E-state index contributed by atoms with van der Waals surface area (Å²) in [4.78, 5) is 16.1. The van der Waals surface area contributed by atoms with Crippen LogP contribution in [-0.4, -0.2) is 20.7 Å². The molecular formula is C14H20N4O. The molecule has 0 bridgehead atoms. The van der Waals surface area contributed by atoms with E-state index in [0.717, 1.165) is 16.7 Å². The van der Waals surface area contributed by atoms with Gasteiger partial charge in [0.15, 0.2) is 5.65 Å². The summed E-state index contributed by atoms with van der Waals surface area (Å²) >= 11 is 0. The molecule has 5 nitrogen and oxygen atoms in total. The van der Waals surface area contributed by atoms with E-state index in [9.17, 15) is 4.79 Å². The highest BCUT2D eigenvalue weighted by molar-refractivity contribution is 5.92. The smallest absolute Gasteiger partial charge is 0.224 e. The number of nitrogens with zero attached hydrogens (tertiary/aromatic N) is 3. The number of aromatic nitrogens is 3. The maximum absolute atomic E-state index is 11.7. The van der Waals surface area contributed by atoms with Crippen molar-refractivity contribution in [1.82, 2.24) is 14.8 Å². The zero-order chi connectivity index (χ0) is 14.0. The Bertz CT molecular complexity index is 586. The Hall–Kier alpha value is -1.91. The Morgan fingerprint density at radius 1 is 1.32 bits per heavy atom. The molecule has 0 spiro atoms. The lowest BCUT2D eigenvalue weighted by atomic mass is 10.1. The Morgan fingerprint density at radius 3 is 2.68 bits per heavy atom. The number of rotatable bonds is 4. The van der Waals surface area contributed by atoms with Gasteiger partial charge in [0.25, 0.3) is 0 Å². The molecule has 0 saturated carbocycles. The maximum Gasteiger partial charge on any atom is 0.224 e. The summed E-state index contributed by atoms with van der Waals surface area (Å²) < 4.78 is 1.87. The Labute approximate surface area is 113 Å². The number of hydrogen-bond donors (Lipinski definition) is 1. The van der Waals surface area contributed by atoms with Crippen LogP contribution in [0.2, 0.25) is 0 Å². The van der Waals surface area contributed by atoms with Gasteiger partial charge in [-0.25, -0.2) is 9.67 Å². The fourth-order valence-corrected chi connectivity index (χ4v) is 1.97. The lowest BCUT2D eigenvalue weighted by Crippen LogP contribution is -2.14. The number of fused-ring (bicyclic) bond motifs is 1. The molecule has 0 aromatic carbocycles. The molecule has 0 unspecified atom stereocenters. The average molecular weight is 260 g/mol. The third-order valence-electron chi connectivity index (χ3n) is 2.80. The first-order valence-electron chi connectivity index (χ1n) is 6.60. The molecule has 5 heteroatoms. The molecule has 0 aliphatic carbocycles. The molecule has 2 aromatic heterocycles. The van der Waals surface area contributed by atoms with Gasteiger partial charge in [-0.1, -0.05) is 13.8 Å². The number of pyridine rings is 1. The molecule has 19 heavy (non-hydrogen) atoms. The van der Waals surface area contributed by atoms with E-state index in [-0.39, 0.29) is 11.9 Å². The SMILES string of the molecule is CC(C)CC(=O)Nc1cnc2c(cnn2C(C)C)c1. The lowest BCUT2D eigenvalue weighted by Gasteiger charge is -2.08. The number of carbonyl (C=O) groups is 1. The predicted octanol–water partition coefficient (Wildman–Crippen LogP) is 3.00. The van der Waals surface area contributed by atoms with Crippen LogP contribution in [0.1, 0.15) is 40.2 Å². The summed E-state index contributed by atoms with van der Waals surface area (Å²) in [6.45, 7) is 8.17. The fourth-order valence-electron chi connectivity index (χ4n) is 1.97. The van der Waals surface area contributed by atoms with E-state index in [4.69, 9.17) is 0 Å². The minimum atomic E-state index is 0.0207. The number of nitrogens with one attached hydrogen (secondary N) is 1. The van der Waals surface area contributed by atoms with E-state index in [1.165, 1.54) is 0 Å². The molecule has 2 heterocycles. The minimum absolute atomic E-state index is 0.0207. The molecule has 102 valence electrons. The Morgan fingerprint density at radius 2 is 2.05 bits per heavy atom. The molecule has 2 aromatic rings. The molecule has 0 radical (unpaired) electrons. The monoisotopic (exact) mass is 260 g/mol. The normalized spacial score (nSPS) is 11.5. The highest BCUT2D eigenvalue weighted by atomic mass is 16.1. The van der Waals surface area contributed by atoms with Crippen LogP contribution in [0.3, 0.4) is 0 Å². The van der Waals surface area contributed by atoms with Crippen molar-refractivity contribution in [3.63, 3.8) is 0 Å². The van der Waals surface area contributed by atoms with Crippen LogP contribution >= 0.6 is 0 Å². The van der Waals surface area contributed by atoms with E-state index in [2.05, 4.69) is 29.2 Å². The third kappa shape index (κ3) is 3.10. The van der Waals surface area contributed by atoms with E-state index in [0.29, 0.717) is 12.3 Å². The van der Waals surface area contributed by atoms with Gasteiger partial charge < -0.3 is 5.32 Å². The van der Waals surface area contributed by atoms with Crippen molar-refractivity contribution in [2.45, 2.75) is 40.2 Å². The van der Waals surface area contributed by atoms with Gasteiger partial charge in [0.05, 0.1) is 18.1 Å². The maximum atomic E-state index is 11.7. The summed E-state index contributed by atoms with van der Waals surface area (Å²) in [6.07, 6.45) is 3.98. The molecule has 2 rings (SSSR count). The quantitative estimate of drug-likeness (QED) is 0.919. The van der Waals surface area contributed by atoms with Crippen LogP contribution in [0.5, 0.6) is 0 Å². The first kappa shape index (κ1) is 13.5. The van der Waals surface area contributed by atoms with Gasteiger partial charge in [-0.05, 0) is 25.8 Å². The number of carbonyl (C=O) groups excluding carboxylic acids is 1. The van der Waals surface area contributed by atoms with E-state index < -0.39 is 0 Å². The van der Waals surface area contributed by atoms with Crippen molar-refractivity contribution in [3.05, 3.63) is 18.5 Å². The van der Waals surface area contributed by atoms with E-state index >= 15 is 0 Å². The molecule has 0 saturated heterocycles.